The van der Waals surface area contributed by atoms with Crippen molar-refractivity contribution in [3.63, 3.8) is 0 Å². The van der Waals surface area contributed by atoms with Gasteiger partial charge in [0.2, 0.25) is 5.88 Å². The molecule has 4 nitrogen and oxygen atoms in total. The molecule has 1 fully saturated rings. The molecule has 1 aliphatic carbocycles. The molecule has 1 aromatic heterocycles. The molecule has 0 radical (unpaired) electrons. The van der Waals surface area contributed by atoms with Crippen molar-refractivity contribution in [2.75, 3.05) is 7.05 Å². The molecule has 9 heteroatoms. The minimum Gasteiger partial charge on any atom is -0.439 e. The molecule has 2 aromatic rings. The van der Waals surface area contributed by atoms with E-state index in [-0.39, 0.29) is 35.9 Å². The Balaban J connectivity index is 1.83. The summed E-state index contributed by atoms with van der Waals surface area (Å²) in [6.07, 6.45) is -4.77. The highest BCUT2D eigenvalue weighted by molar-refractivity contribution is 5.93. The van der Waals surface area contributed by atoms with Crippen molar-refractivity contribution in [3.8, 4) is 11.6 Å². The number of carbonyl (C=O) groups is 1. The summed E-state index contributed by atoms with van der Waals surface area (Å²) in [5.74, 6) is -4.69. The zero-order chi connectivity index (χ0) is 20.7. The van der Waals surface area contributed by atoms with Crippen LogP contribution in [0.25, 0.3) is 0 Å². The number of hydrogen-bond acceptors (Lipinski definition) is 3. The van der Waals surface area contributed by atoms with Crippen LogP contribution in [0, 0.1) is 6.92 Å². The molecule has 3 rings (SSSR count). The van der Waals surface area contributed by atoms with Gasteiger partial charge in [-0.25, -0.2) is 4.98 Å². The molecule has 1 N–H and O–H groups in total. The quantitative estimate of drug-likeness (QED) is 0.736. The summed E-state index contributed by atoms with van der Waals surface area (Å²) in [7, 11) is 1.48. The number of alkyl halides is 5. The lowest BCUT2D eigenvalue weighted by Gasteiger charge is -2.29. The summed E-state index contributed by atoms with van der Waals surface area (Å²) in [6, 6.07) is 6.83. The van der Waals surface area contributed by atoms with Crippen LogP contribution in [0.2, 0.25) is 0 Å². The number of aromatic nitrogens is 1. The van der Waals surface area contributed by atoms with E-state index in [2.05, 4.69) is 10.3 Å². The molecule has 0 atom stereocenters. The first kappa shape index (κ1) is 20.0. The number of nitrogens with zero attached hydrogens (tertiary/aromatic N) is 1. The molecular formula is C19H17F5N2O2. The van der Waals surface area contributed by atoms with Gasteiger partial charge in [0, 0.05) is 19.3 Å². The monoisotopic (exact) mass is 400 g/mol. The average Bonchev–Trinajstić information content (AvgIpc) is 3.45. The van der Waals surface area contributed by atoms with Gasteiger partial charge in [-0.3, -0.25) is 4.79 Å². The first-order chi connectivity index (χ1) is 13.0. The van der Waals surface area contributed by atoms with Crippen molar-refractivity contribution in [1.82, 2.24) is 10.3 Å². The minimum atomic E-state index is -5.61. The van der Waals surface area contributed by atoms with E-state index < -0.39 is 17.5 Å². The zero-order valence-corrected chi connectivity index (χ0v) is 15.0. The molecule has 0 spiro atoms. The summed E-state index contributed by atoms with van der Waals surface area (Å²) >= 11 is 0. The number of hydrogen-bond donors (Lipinski definition) is 1. The molecule has 1 aromatic carbocycles. The minimum absolute atomic E-state index is 0.0670. The van der Waals surface area contributed by atoms with E-state index in [1.54, 1.807) is 6.92 Å². The Labute approximate surface area is 157 Å². The Kier molecular flexibility index (Phi) is 4.81. The Bertz CT molecular complexity index is 890. The SMILES string of the molecule is CNC(=O)c1ccc(Oc2ccc(C3(C(F)(F)C(F)(F)F)CC3)cc2C)nc1. The maximum Gasteiger partial charge on any atom is 0.454 e. The van der Waals surface area contributed by atoms with E-state index in [0.717, 1.165) is 0 Å². The highest BCUT2D eigenvalue weighted by Gasteiger charge is 2.75. The third-order valence-electron chi connectivity index (χ3n) is 4.87. The third kappa shape index (κ3) is 3.29. The van der Waals surface area contributed by atoms with Crippen LogP contribution in [0.5, 0.6) is 11.6 Å². The first-order valence-electron chi connectivity index (χ1n) is 8.43. The lowest BCUT2D eigenvalue weighted by atomic mass is 9.87. The molecule has 1 amide bonds. The van der Waals surface area contributed by atoms with Crippen LogP contribution in [0.3, 0.4) is 0 Å². The van der Waals surface area contributed by atoms with Gasteiger partial charge in [0.15, 0.2) is 0 Å². The lowest BCUT2D eigenvalue weighted by molar-refractivity contribution is -0.296. The summed E-state index contributed by atoms with van der Waals surface area (Å²) in [6.45, 7) is 1.56. The number of pyridine rings is 1. The van der Waals surface area contributed by atoms with E-state index in [9.17, 15) is 26.7 Å². The van der Waals surface area contributed by atoms with Gasteiger partial charge in [0.1, 0.15) is 5.75 Å². The van der Waals surface area contributed by atoms with Crippen LogP contribution < -0.4 is 10.1 Å². The Morgan fingerprint density at radius 1 is 1.14 bits per heavy atom. The highest BCUT2D eigenvalue weighted by Crippen LogP contribution is 2.63. The van der Waals surface area contributed by atoms with Crippen molar-refractivity contribution < 1.29 is 31.5 Å². The summed E-state index contributed by atoms with van der Waals surface area (Å²) in [5.41, 5.74) is -1.56. The standard InChI is InChI=1S/C19H17F5N2O2/c1-11-9-13(17(7-8-17)18(20,21)19(22,23)24)4-5-14(11)28-15-6-3-12(10-26-15)16(27)25-2/h3-6,9-10H,7-8H2,1-2H3,(H,25,27). The second-order valence-corrected chi connectivity index (χ2v) is 6.70. The molecule has 0 unspecified atom stereocenters. The van der Waals surface area contributed by atoms with Crippen molar-refractivity contribution in [2.45, 2.75) is 37.3 Å². The molecule has 1 heterocycles. The van der Waals surface area contributed by atoms with Crippen molar-refractivity contribution >= 4 is 5.91 Å². The average molecular weight is 400 g/mol. The molecular weight excluding hydrogens is 383 g/mol. The van der Waals surface area contributed by atoms with Crippen molar-refractivity contribution in [2.24, 2.45) is 0 Å². The van der Waals surface area contributed by atoms with E-state index in [1.807, 2.05) is 0 Å². The summed E-state index contributed by atoms with van der Waals surface area (Å²) in [5, 5.41) is 2.45. The predicted molar refractivity (Wildman–Crippen MR) is 90.8 cm³/mol. The molecule has 28 heavy (non-hydrogen) atoms. The maximum atomic E-state index is 14.0. The Morgan fingerprint density at radius 3 is 2.29 bits per heavy atom. The molecule has 1 saturated carbocycles. The maximum absolute atomic E-state index is 14.0. The van der Waals surface area contributed by atoms with Gasteiger partial charge < -0.3 is 10.1 Å². The molecule has 1 aliphatic rings. The van der Waals surface area contributed by atoms with Crippen LogP contribution >= 0.6 is 0 Å². The van der Waals surface area contributed by atoms with Gasteiger partial charge in [-0.1, -0.05) is 12.1 Å². The lowest BCUT2D eigenvalue weighted by Crippen LogP contribution is -2.47. The summed E-state index contributed by atoms with van der Waals surface area (Å²) < 4.78 is 72.0. The van der Waals surface area contributed by atoms with Gasteiger partial charge in [-0.05, 0) is 43.0 Å². The second-order valence-electron chi connectivity index (χ2n) is 6.70. The second kappa shape index (κ2) is 6.72. The number of carbonyl (C=O) groups excluding carboxylic acids is 1. The largest absolute Gasteiger partial charge is 0.454 e. The fraction of sp³-hybridized carbons (Fsp3) is 0.368. The van der Waals surface area contributed by atoms with Crippen LogP contribution in [0.4, 0.5) is 22.0 Å². The zero-order valence-electron chi connectivity index (χ0n) is 15.0. The van der Waals surface area contributed by atoms with E-state index in [4.69, 9.17) is 4.74 Å². The predicted octanol–water partition coefficient (Wildman–Crippen LogP) is 4.77. The number of aryl methyl sites for hydroxylation is 1. The smallest absolute Gasteiger partial charge is 0.439 e. The van der Waals surface area contributed by atoms with Crippen molar-refractivity contribution in [1.29, 1.82) is 0 Å². The number of amides is 1. The van der Waals surface area contributed by atoms with E-state index >= 15 is 0 Å². The fourth-order valence-corrected chi connectivity index (χ4v) is 3.07. The number of halogens is 5. The van der Waals surface area contributed by atoms with Gasteiger partial charge in [-0.15, -0.1) is 0 Å². The first-order valence-corrected chi connectivity index (χ1v) is 8.43. The van der Waals surface area contributed by atoms with E-state index in [1.165, 1.54) is 43.6 Å². The van der Waals surface area contributed by atoms with Gasteiger partial charge in [-0.2, -0.15) is 22.0 Å². The molecule has 150 valence electrons. The molecule has 0 saturated heterocycles. The van der Waals surface area contributed by atoms with Gasteiger partial charge in [0.05, 0.1) is 11.0 Å². The Hall–Kier alpha value is -2.71. The highest BCUT2D eigenvalue weighted by atomic mass is 19.4. The van der Waals surface area contributed by atoms with Gasteiger partial charge >= 0.3 is 12.1 Å². The van der Waals surface area contributed by atoms with Gasteiger partial charge in [0.25, 0.3) is 5.91 Å². The summed E-state index contributed by atoms with van der Waals surface area (Å²) in [4.78, 5) is 15.5. The normalized spacial score (nSPS) is 15.8. The van der Waals surface area contributed by atoms with Crippen LogP contribution in [-0.4, -0.2) is 30.0 Å². The van der Waals surface area contributed by atoms with Crippen LogP contribution in [0.1, 0.15) is 34.3 Å². The fourth-order valence-electron chi connectivity index (χ4n) is 3.07. The molecule has 0 aliphatic heterocycles. The van der Waals surface area contributed by atoms with E-state index in [0.29, 0.717) is 11.1 Å². The van der Waals surface area contributed by atoms with Crippen molar-refractivity contribution in [3.05, 3.63) is 53.2 Å². The van der Waals surface area contributed by atoms with Crippen LogP contribution in [-0.2, 0) is 5.41 Å². The number of nitrogens with one attached hydrogen (secondary N) is 1. The van der Waals surface area contributed by atoms with Crippen LogP contribution in [0.15, 0.2) is 36.5 Å². The topological polar surface area (TPSA) is 51.2 Å². The third-order valence-corrected chi connectivity index (χ3v) is 4.87. The number of rotatable bonds is 5. The number of benzene rings is 1. The Morgan fingerprint density at radius 2 is 1.82 bits per heavy atom. The number of ether oxygens (including phenoxy) is 1. The molecule has 0 bridgehead atoms.